The number of nitrogens with zero attached hydrogens (tertiary/aromatic N) is 2. The number of nitro benzene ring substituents is 1. The van der Waals surface area contributed by atoms with E-state index in [2.05, 4.69) is 10.3 Å². The van der Waals surface area contributed by atoms with Crippen molar-refractivity contribution in [2.24, 2.45) is 4.99 Å². The Labute approximate surface area is 180 Å². The molecule has 4 rings (SSSR count). The van der Waals surface area contributed by atoms with E-state index in [1.54, 1.807) is 55.5 Å². The molecular formula is C21H14ClN3O4S. The summed E-state index contributed by atoms with van der Waals surface area (Å²) < 4.78 is 5.81. The van der Waals surface area contributed by atoms with E-state index in [1.165, 1.54) is 17.8 Å². The van der Waals surface area contributed by atoms with E-state index < -0.39 is 4.92 Å². The topological polar surface area (TPSA) is 97.7 Å². The Bertz CT molecular complexity index is 1230. The van der Waals surface area contributed by atoms with Crippen LogP contribution in [-0.2, 0) is 4.79 Å². The van der Waals surface area contributed by atoms with Gasteiger partial charge < -0.3 is 9.73 Å². The molecule has 1 aliphatic heterocycles. The Morgan fingerprint density at radius 2 is 2.00 bits per heavy atom. The number of para-hydroxylation sites is 1. The fourth-order valence-corrected chi connectivity index (χ4v) is 3.85. The number of carbonyl (C=O) groups excluding carboxylic acids is 1. The van der Waals surface area contributed by atoms with Gasteiger partial charge in [0.15, 0.2) is 5.17 Å². The van der Waals surface area contributed by atoms with Crippen LogP contribution in [0.5, 0.6) is 0 Å². The van der Waals surface area contributed by atoms with E-state index in [0.29, 0.717) is 43.4 Å². The number of hydrogen-bond acceptors (Lipinski definition) is 6. The number of hydrogen-bond donors (Lipinski definition) is 1. The third-order valence-electron chi connectivity index (χ3n) is 4.30. The zero-order chi connectivity index (χ0) is 21.3. The molecule has 0 radical (unpaired) electrons. The molecule has 1 aromatic heterocycles. The van der Waals surface area contributed by atoms with Crippen molar-refractivity contribution in [3.63, 3.8) is 0 Å². The highest BCUT2D eigenvalue weighted by Crippen LogP contribution is 2.32. The Morgan fingerprint density at radius 3 is 2.73 bits per heavy atom. The number of nitrogens with one attached hydrogen (secondary N) is 1. The molecule has 0 unspecified atom stereocenters. The number of nitro groups is 1. The van der Waals surface area contributed by atoms with Crippen molar-refractivity contribution in [2.75, 3.05) is 0 Å². The lowest BCUT2D eigenvalue weighted by Crippen LogP contribution is -2.19. The van der Waals surface area contributed by atoms with Crippen LogP contribution in [0.1, 0.15) is 11.3 Å². The van der Waals surface area contributed by atoms with Gasteiger partial charge in [-0.3, -0.25) is 14.9 Å². The van der Waals surface area contributed by atoms with Crippen molar-refractivity contribution >= 4 is 51.9 Å². The van der Waals surface area contributed by atoms with Gasteiger partial charge in [-0.15, -0.1) is 0 Å². The second-order valence-corrected chi connectivity index (χ2v) is 7.83. The molecule has 7 nitrogen and oxygen atoms in total. The number of amides is 1. The highest BCUT2D eigenvalue weighted by molar-refractivity contribution is 8.18. The van der Waals surface area contributed by atoms with E-state index in [9.17, 15) is 14.9 Å². The maximum absolute atomic E-state index is 12.3. The first-order chi connectivity index (χ1) is 14.4. The monoisotopic (exact) mass is 439 g/mol. The van der Waals surface area contributed by atoms with E-state index in [4.69, 9.17) is 16.0 Å². The van der Waals surface area contributed by atoms with E-state index in [-0.39, 0.29) is 11.6 Å². The van der Waals surface area contributed by atoms with Gasteiger partial charge >= 0.3 is 0 Å². The summed E-state index contributed by atoms with van der Waals surface area (Å²) in [5, 5.41) is 14.6. The largest absolute Gasteiger partial charge is 0.457 e. The lowest BCUT2D eigenvalue weighted by molar-refractivity contribution is -0.385. The Kier molecular flexibility index (Phi) is 5.43. The highest BCUT2D eigenvalue weighted by atomic mass is 35.5. The van der Waals surface area contributed by atoms with Gasteiger partial charge in [-0.1, -0.05) is 23.7 Å². The number of furan rings is 1. The lowest BCUT2D eigenvalue weighted by atomic mass is 10.1. The number of carbonyl (C=O) groups is 1. The van der Waals surface area contributed by atoms with Crippen LogP contribution in [0.15, 0.2) is 68.9 Å². The summed E-state index contributed by atoms with van der Waals surface area (Å²) in [5.74, 6) is 0.751. The molecule has 2 aromatic carbocycles. The second-order valence-electron chi connectivity index (χ2n) is 6.39. The second kappa shape index (κ2) is 8.17. The molecule has 0 atom stereocenters. The Hall–Kier alpha value is -3.36. The normalized spacial score (nSPS) is 16.3. The summed E-state index contributed by atoms with van der Waals surface area (Å²) in [6.07, 6.45) is 1.62. The standard InChI is InChI=1S/C21H14ClN3O4S/c1-12-10-13(6-8-17(12)25(27)28)18-9-7-14(29-18)11-19-20(26)24-21(30-19)23-16-5-3-2-4-15(16)22/h2-11H,1H3,(H,23,24,26)/b19-11-. The maximum atomic E-state index is 12.3. The molecule has 0 saturated carbocycles. The minimum atomic E-state index is -0.422. The molecule has 1 amide bonds. The van der Waals surface area contributed by atoms with Crippen molar-refractivity contribution in [3.05, 3.63) is 86.0 Å². The smallest absolute Gasteiger partial charge is 0.272 e. The Morgan fingerprint density at radius 1 is 1.20 bits per heavy atom. The molecule has 1 saturated heterocycles. The van der Waals surface area contributed by atoms with Crippen molar-refractivity contribution in [3.8, 4) is 11.3 Å². The number of benzene rings is 2. The fourth-order valence-electron chi connectivity index (χ4n) is 2.86. The van der Waals surface area contributed by atoms with Crippen LogP contribution >= 0.6 is 23.4 Å². The first-order valence-electron chi connectivity index (χ1n) is 8.80. The first kappa shape index (κ1) is 19.9. The maximum Gasteiger partial charge on any atom is 0.272 e. The van der Waals surface area contributed by atoms with Gasteiger partial charge in [-0.2, -0.15) is 0 Å². The molecule has 1 aliphatic rings. The van der Waals surface area contributed by atoms with Crippen molar-refractivity contribution in [1.82, 2.24) is 5.32 Å². The van der Waals surface area contributed by atoms with Crippen LogP contribution in [-0.4, -0.2) is 16.0 Å². The van der Waals surface area contributed by atoms with Gasteiger partial charge in [0.25, 0.3) is 11.6 Å². The first-order valence-corrected chi connectivity index (χ1v) is 9.99. The average Bonchev–Trinajstić information content (AvgIpc) is 3.30. The number of aryl methyl sites for hydroxylation is 1. The van der Waals surface area contributed by atoms with Crippen molar-refractivity contribution in [2.45, 2.75) is 6.92 Å². The molecule has 0 spiro atoms. The zero-order valence-electron chi connectivity index (χ0n) is 15.6. The molecule has 2 heterocycles. The molecule has 0 bridgehead atoms. The SMILES string of the molecule is Cc1cc(-c2ccc(/C=C3\SC(=Nc4ccccc4Cl)NC3=O)o2)ccc1[N+](=O)[O-]. The fraction of sp³-hybridized carbons (Fsp3) is 0.0476. The van der Waals surface area contributed by atoms with Crippen LogP contribution in [0.4, 0.5) is 11.4 Å². The number of rotatable bonds is 4. The molecule has 1 fully saturated rings. The van der Waals surface area contributed by atoms with Crippen molar-refractivity contribution in [1.29, 1.82) is 0 Å². The molecule has 9 heteroatoms. The summed E-state index contributed by atoms with van der Waals surface area (Å²) >= 11 is 7.30. The van der Waals surface area contributed by atoms with Gasteiger partial charge in [-0.25, -0.2) is 4.99 Å². The third-order valence-corrected chi connectivity index (χ3v) is 5.53. The molecule has 30 heavy (non-hydrogen) atoms. The van der Waals surface area contributed by atoms with Crippen LogP contribution in [0.2, 0.25) is 5.02 Å². The minimum Gasteiger partial charge on any atom is -0.457 e. The van der Waals surface area contributed by atoms with Crippen LogP contribution in [0, 0.1) is 17.0 Å². The van der Waals surface area contributed by atoms with Gasteiger partial charge in [0.2, 0.25) is 0 Å². The molecular weight excluding hydrogens is 426 g/mol. The number of amidine groups is 1. The number of aliphatic imine (C=N–C) groups is 1. The van der Waals surface area contributed by atoms with E-state index in [0.717, 1.165) is 0 Å². The van der Waals surface area contributed by atoms with E-state index >= 15 is 0 Å². The van der Waals surface area contributed by atoms with Gasteiger partial charge in [0.05, 0.1) is 20.5 Å². The third kappa shape index (κ3) is 4.14. The van der Waals surface area contributed by atoms with Crippen molar-refractivity contribution < 1.29 is 14.1 Å². The number of thioether (sulfide) groups is 1. The predicted octanol–water partition coefficient (Wildman–Crippen LogP) is 5.71. The molecule has 150 valence electrons. The molecule has 3 aromatic rings. The summed E-state index contributed by atoms with van der Waals surface area (Å²) in [5.41, 5.74) is 1.88. The van der Waals surface area contributed by atoms with Crippen LogP contribution in [0.25, 0.3) is 17.4 Å². The zero-order valence-corrected chi connectivity index (χ0v) is 17.2. The summed E-state index contributed by atoms with van der Waals surface area (Å²) in [6.45, 7) is 1.67. The summed E-state index contributed by atoms with van der Waals surface area (Å²) in [6, 6.07) is 15.4. The van der Waals surface area contributed by atoms with Crippen LogP contribution < -0.4 is 5.32 Å². The quantitative estimate of drug-likeness (QED) is 0.319. The number of halogens is 1. The Balaban J connectivity index is 1.56. The lowest BCUT2D eigenvalue weighted by Gasteiger charge is -2.00. The summed E-state index contributed by atoms with van der Waals surface area (Å²) in [4.78, 5) is 27.6. The van der Waals surface area contributed by atoms with Gasteiger partial charge in [0.1, 0.15) is 11.5 Å². The van der Waals surface area contributed by atoms with Gasteiger partial charge in [-0.05, 0) is 55.1 Å². The van der Waals surface area contributed by atoms with Gasteiger partial charge in [0, 0.05) is 23.3 Å². The van der Waals surface area contributed by atoms with Crippen LogP contribution in [0.3, 0.4) is 0 Å². The predicted molar refractivity (Wildman–Crippen MR) is 118 cm³/mol. The highest BCUT2D eigenvalue weighted by Gasteiger charge is 2.24. The van der Waals surface area contributed by atoms with E-state index in [1.807, 2.05) is 6.07 Å². The average molecular weight is 440 g/mol. The summed E-state index contributed by atoms with van der Waals surface area (Å²) in [7, 11) is 0. The molecule has 0 aliphatic carbocycles. The molecule has 1 N–H and O–H groups in total. The minimum absolute atomic E-state index is 0.0528.